The number of rotatable bonds is 5. The van der Waals surface area contributed by atoms with E-state index in [-0.39, 0.29) is 34.3 Å². The molecular formula is C24H32N2O6. The Balaban J connectivity index is 1.34. The maximum Gasteiger partial charge on any atom is 0.258 e. The summed E-state index contributed by atoms with van der Waals surface area (Å²) in [7, 11) is 0. The molecule has 5 atom stereocenters. The molecule has 1 aromatic carbocycles. The van der Waals surface area contributed by atoms with Gasteiger partial charge in [0.15, 0.2) is 0 Å². The first-order valence-electron chi connectivity index (χ1n) is 11.6. The summed E-state index contributed by atoms with van der Waals surface area (Å²) in [6.07, 6.45) is 1.69. The molecule has 2 aliphatic heterocycles. The molecule has 3 aliphatic carbocycles. The summed E-state index contributed by atoms with van der Waals surface area (Å²) in [6, 6.07) is 2.89. The first kappa shape index (κ1) is 21.5. The minimum absolute atomic E-state index is 0.0145. The summed E-state index contributed by atoms with van der Waals surface area (Å²) in [5.41, 5.74) is -1.19. The number of hydrogen-bond donors (Lipinski definition) is 4. The van der Waals surface area contributed by atoms with E-state index < -0.39 is 23.7 Å². The number of likely N-dealkylation sites (tertiary alicyclic amines) is 1. The summed E-state index contributed by atoms with van der Waals surface area (Å²) in [4.78, 5) is 26.5. The molecule has 0 spiro atoms. The standard InChI is InChI=1S/C24H32N2O6/c1-23(2)13-11-16(23)24(31)17(12-13)32-20-14(21(24)29)6-7-15(27)19(20)22(30)25-8-4-10-26-9-3-5-18(26)28/h6-7,13,16-17,21,27,29,31H,3-5,8-12H2,1-2H3,(H,25,30)/t13-,16-,17-,21+,24-/m1/s1. The minimum atomic E-state index is -1.42. The molecule has 8 heteroatoms. The van der Waals surface area contributed by atoms with Crippen LogP contribution < -0.4 is 10.1 Å². The van der Waals surface area contributed by atoms with Crippen LogP contribution in [-0.2, 0) is 4.79 Å². The molecule has 2 amide bonds. The topological polar surface area (TPSA) is 119 Å². The maximum absolute atomic E-state index is 12.9. The van der Waals surface area contributed by atoms with Gasteiger partial charge in [-0.3, -0.25) is 9.59 Å². The van der Waals surface area contributed by atoms with Crippen LogP contribution >= 0.6 is 0 Å². The molecule has 2 heterocycles. The van der Waals surface area contributed by atoms with Crippen LogP contribution in [0, 0.1) is 17.3 Å². The van der Waals surface area contributed by atoms with E-state index in [0.29, 0.717) is 43.8 Å². The number of carbonyl (C=O) groups is 2. The first-order chi connectivity index (χ1) is 15.2. The second-order valence-electron chi connectivity index (χ2n) is 10.4. The zero-order valence-electron chi connectivity index (χ0n) is 18.6. The van der Waals surface area contributed by atoms with Crippen LogP contribution in [0.3, 0.4) is 0 Å². The monoisotopic (exact) mass is 444 g/mol. The van der Waals surface area contributed by atoms with Crippen LogP contribution in [0.5, 0.6) is 11.5 Å². The van der Waals surface area contributed by atoms with Gasteiger partial charge in [0, 0.05) is 31.6 Å². The van der Waals surface area contributed by atoms with Crippen molar-refractivity contribution in [3.05, 3.63) is 23.3 Å². The lowest BCUT2D eigenvalue weighted by Crippen LogP contribution is -2.72. The number of ether oxygens (including phenoxy) is 1. The van der Waals surface area contributed by atoms with Crippen molar-refractivity contribution in [2.45, 2.75) is 63.8 Å². The average Bonchev–Trinajstić information content (AvgIpc) is 3.16. The van der Waals surface area contributed by atoms with Gasteiger partial charge >= 0.3 is 0 Å². The maximum atomic E-state index is 12.9. The van der Waals surface area contributed by atoms with Crippen molar-refractivity contribution in [3.63, 3.8) is 0 Å². The van der Waals surface area contributed by atoms with Crippen LogP contribution in [-0.4, -0.2) is 63.4 Å². The van der Waals surface area contributed by atoms with Crippen LogP contribution in [0.25, 0.3) is 0 Å². The number of hydrogen-bond acceptors (Lipinski definition) is 6. The SMILES string of the molecule is CC1(C)[C@@H]2C[C@H]1[C@@]1(O)[C@@H](C2)Oc2c(ccc(O)c2C(=O)NCCCN2CCCC2=O)[C@@H]1O. The van der Waals surface area contributed by atoms with Crippen molar-refractivity contribution in [1.82, 2.24) is 10.2 Å². The molecule has 0 aromatic heterocycles. The number of nitrogens with zero attached hydrogens (tertiary/aromatic N) is 1. The van der Waals surface area contributed by atoms with Crippen molar-refractivity contribution in [3.8, 4) is 11.5 Å². The molecule has 4 fully saturated rings. The van der Waals surface area contributed by atoms with E-state index >= 15 is 0 Å². The van der Waals surface area contributed by atoms with Gasteiger partial charge in [-0.05, 0) is 55.1 Å². The zero-order valence-corrected chi connectivity index (χ0v) is 18.6. The van der Waals surface area contributed by atoms with Crippen molar-refractivity contribution in [2.24, 2.45) is 17.3 Å². The molecule has 5 aliphatic rings. The Bertz CT molecular complexity index is 962. The number of nitrogens with one attached hydrogen (secondary N) is 1. The Labute approximate surface area is 187 Å². The highest BCUT2D eigenvalue weighted by Gasteiger charge is 2.69. The second kappa shape index (κ2) is 7.35. The van der Waals surface area contributed by atoms with E-state index in [4.69, 9.17) is 4.74 Å². The van der Waals surface area contributed by atoms with E-state index in [1.165, 1.54) is 12.1 Å². The summed E-state index contributed by atoms with van der Waals surface area (Å²) in [6.45, 7) is 5.93. The molecule has 1 aromatic rings. The van der Waals surface area contributed by atoms with E-state index in [1.807, 2.05) is 0 Å². The van der Waals surface area contributed by atoms with Gasteiger partial charge in [0.25, 0.3) is 5.91 Å². The Morgan fingerprint density at radius 3 is 2.78 bits per heavy atom. The normalized spacial score (nSPS) is 34.2. The second-order valence-corrected chi connectivity index (χ2v) is 10.4. The lowest BCUT2D eigenvalue weighted by atomic mass is 9.42. The van der Waals surface area contributed by atoms with Gasteiger partial charge in [0.05, 0.1) is 0 Å². The smallest absolute Gasteiger partial charge is 0.258 e. The molecule has 2 bridgehead atoms. The first-order valence-corrected chi connectivity index (χ1v) is 11.6. The molecule has 1 saturated heterocycles. The quantitative estimate of drug-likeness (QED) is 0.514. The van der Waals surface area contributed by atoms with E-state index in [0.717, 1.165) is 19.4 Å². The third-order valence-electron chi connectivity index (χ3n) is 8.49. The fraction of sp³-hybridized carbons (Fsp3) is 0.667. The third kappa shape index (κ3) is 2.95. The fourth-order valence-corrected chi connectivity index (χ4v) is 6.42. The fourth-order valence-electron chi connectivity index (χ4n) is 6.42. The van der Waals surface area contributed by atoms with Gasteiger partial charge in [0.2, 0.25) is 5.91 Å². The highest BCUT2D eigenvalue weighted by molar-refractivity contribution is 6.00. The minimum Gasteiger partial charge on any atom is -0.507 e. The Kier molecular flexibility index (Phi) is 4.94. The summed E-state index contributed by atoms with van der Waals surface area (Å²) in [5, 5.41) is 36.0. The van der Waals surface area contributed by atoms with E-state index in [2.05, 4.69) is 19.2 Å². The Morgan fingerprint density at radius 2 is 2.09 bits per heavy atom. The summed E-state index contributed by atoms with van der Waals surface area (Å²) in [5.74, 6) is -0.134. The van der Waals surface area contributed by atoms with Gasteiger partial charge in [-0.2, -0.15) is 0 Å². The predicted octanol–water partition coefficient (Wildman–Crippen LogP) is 1.73. The zero-order chi connectivity index (χ0) is 22.8. The lowest BCUT2D eigenvalue weighted by Gasteiger charge is -2.67. The summed E-state index contributed by atoms with van der Waals surface area (Å²) >= 11 is 0. The van der Waals surface area contributed by atoms with Crippen molar-refractivity contribution < 1.29 is 29.6 Å². The van der Waals surface area contributed by atoms with Gasteiger partial charge < -0.3 is 30.3 Å². The van der Waals surface area contributed by atoms with Crippen molar-refractivity contribution in [1.29, 1.82) is 0 Å². The molecule has 6 rings (SSSR count). The number of aliphatic hydroxyl groups excluding tert-OH is 1. The lowest BCUT2D eigenvalue weighted by molar-refractivity contribution is -0.289. The molecule has 0 unspecified atom stereocenters. The number of phenolic OH excluding ortho intramolecular Hbond substituents is 1. The third-order valence-corrected chi connectivity index (χ3v) is 8.49. The van der Waals surface area contributed by atoms with E-state index in [9.17, 15) is 24.9 Å². The number of aromatic hydroxyl groups is 1. The molecular weight excluding hydrogens is 412 g/mol. The largest absolute Gasteiger partial charge is 0.507 e. The predicted molar refractivity (Wildman–Crippen MR) is 115 cm³/mol. The molecule has 3 saturated carbocycles. The van der Waals surface area contributed by atoms with Gasteiger partial charge in [0.1, 0.15) is 34.9 Å². The van der Waals surface area contributed by atoms with Crippen LogP contribution in [0.2, 0.25) is 0 Å². The van der Waals surface area contributed by atoms with Crippen molar-refractivity contribution >= 4 is 11.8 Å². The number of amides is 2. The number of fused-ring (bicyclic) bond motifs is 1. The summed E-state index contributed by atoms with van der Waals surface area (Å²) < 4.78 is 6.15. The average molecular weight is 445 g/mol. The molecule has 8 nitrogen and oxygen atoms in total. The van der Waals surface area contributed by atoms with Crippen LogP contribution in [0.1, 0.15) is 68.0 Å². The molecule has 0 radical (unpaired) electrons. The molecule has 174 valence electrons. The Morgan fingerprint density at radius 1 is 1.31 bits per heavy atom. The number of aliphatic hydroxyl groups is 2. The van der Waals surface area contributed by atoms with Crippen LogP contribution in [0.15, 0.2) is 12.1 Å². The van der Waals surface area contributed by atoms with Gasteiger partial charge in [-0.15, -0.1) is 0 Å². The van der Waals surface area contributed by atoms with Crippen molar-refractivity contribution in [2.75, 3.05) is 19.6 Å². The van der Waals surface area contributed by atoms with E-state index in [1.54, 1.807) is 4.90 Å². The van der Waals surface area contributed by atoms with Crippen LogP contribution in [0.4, 0.5) is 0 Å². The van der Waals surface area contributed by atoms with Gasteiger partial charge in [-0.25, -0.2) is 0 Å². The number of phenols is 1. The molecule has 32 heavy (non-hydrogen) atoms. The number of benzene rings is 1. The Hall–Kier alpha value is -2.32. The highest BCUT2D eigenvalue weighted by Crippen LogP contribution is 2.67. The molecule has 4 N–H and O–H groups in total. The number of carbonyl (C=O) groups excluding carboxylic acids is 2. The highest BCUT2D eigenvalue weighted by atomic mass is 16.5. The van der Waals surface area contributed by atoms with Gasteiger partial charge in [-0.1, -0.05) is 13.8 Å².